The summed E-state index contributed by atoms with van der Waals surface area (Å²) < 4.78 is 22.5. The van der Waals surface area contributed by atoms with Crippen LogP contribution in [0.25, 0.3) is 0 Å². The van der Waals surface area contributed by atoms with Crippen molar-refractivity contribution in [2.24, 2.45) is 22.0 Å². The second kappa shape index (κ2) is 8.32. The van der Waals surface area contributed by atoms with Crippen LogP contribution in [0.3, 0.4) is 0 Å². The van der Waals surface area contributed by atoms with Crippen LogP contribution in [0.2, 0.25) is 0 Å². The zero-order valence-electron chi connectivity index (χ0n) is 10.3. The molecule has 0 aliphatic rings. The van der Waals surface area contributed by atoms with Crippen molar-refractivity contribution in [3.63, 3.8) is 0 Å². The molecule has 0 saturated carbocycles. The zero-order valence-corrected chi connectivity index (χ0v) is 13.9. The predicted molar refractivity (Wildman–Crippen MR) is 85.2 cm³/mol. The Morgan fingerprint density at radius 1 is 0.722 bits per heavy atom. The topological polar surface area (TPSA) is 138 Å². The monoisotopic (exact) mass is 334 g/mol. The first-order valence-corrected chi connectivity index (χ1v) is 10.6. The van der Waals surface area contributed by atoms with E-state index in [1.54, 1.807) is 0 Å². The Bertz CT molecular complexity index is 301. The molecule has 0 aromatic rings. The van der Waals surface area contributed by atoms with Gasteiger partial charge in [0.2, 0.25) is 14.9 Å². The van der Waals surface area contributed by atoms with Gasteiger partial charge in [-0.2, -0.15) is 25.3 Å². The summed E-state index contributed by atoms with van der Waals surface area (Å²) in [6.07, 6.45) is 4.85. The fourth-order valence-corrected chi connectivity index (χ4v) is 2.95. The molecule has 2 unspecified atom stereocenters. The fourth-order valence-electron chi connectivity index (χ4n) is 1.41. The first-order valence-electron chi connectivity index (χ1n) is 5.75. The Balaban J connectivity index is 3.59. The van der Waals surface area contributed by atoms with Gasteiger partial charge in [-0.25, -0.2) is 0 Å². The molecule has 0 aliphatic carbocycles. The fraction of sp³-hybridized carbons (Fsp3) is 1.00. The third-order valence-electron chi connectivity index (χ3n) is 2.61. The van der Waals surface area contributed by atoms with E-state index in [1.165, 1.54) is 0 Å². The molecule has 110 valence electrons. The SMILES string of the molecule is NP(N)(=O)C(S)CCCCCCC(S)P(N)(N)=O. The number of nitrogens with two attached hydrogens (primary N) is 4. The molecule has 0 aromatic carbocycles. The van der Waals surface area contributed by atoms with Crippen LogP contribution in [-0.2, 0) is 9.13 Å². The Kier molecular flexibility index (Phi) is 8.79. The van der Waals surface area contributed by atoms with Crippen molar-refractivity contribution < 1.29 is 9.13 Å². The van der Waals surface area contributed by atoms with Gasteiger partial charge in [-0.1, -0.05) is 25.7 Å². The maximum absolute atomic E-state index is 11.2. The molecule has 0 radical (unpaired) electrons. The zero-order chi connectivity index (χ0) is 14.4. The van der Waals surface area contributed by atoms with E-state index in [0.29, 0.717) is 12.8 Å². The second-order valence-electron chi connectivity index (χ2n) is 4.48. The molecule has 0 spiro atoms. The predicted octanol–water partition coefficient (Wildman–Crippen LogP) is 2.06. The van der Waals surface area contributed by atoms with Crippen molar-refractivity contribution in [2.45, 2.75) is 48.5 Å². The lowest BCUT2D eigenvalue weighted by Gasteiger charge is -2.15. The van der Waals surface area contributed by atoms with E-state index in [-0.39, 0.29) is 0 Å². The molecule has 0 aromatic heterocycles. The molecule has 0 rings (SSSR count). The van der Waals surface area contributed by atoms with Crippen molar-refractivity contribution in [2.75, 3.05) is 0 Å². The molecule has 8 N–H and O–H groups in total. The molecule has 0 amide bonds. The van der Waals surface area contributed by atoms with Gasteiger partial charge in [-0.15, -0.1) is 0 Å². The molecule has 10 heteroatoms. The molecule has 0 heterocycles. The lowest BCUT2D eigenvalue weighted by Crippen LogP contribution is -2.16. The van der Waals surface area contributed by atoms with Crippen molar-refractivity contribution >= 4 is 40.1 Å². The highest BCUT2D eigenvalue weighted by atomic mass is 32.1. The second-order valence-corrected chi connectivity index (χ2v) is 10.8. The molecular formula is C8H24N4O2P2S2. The van der Waals surface area contributed by atoms with Crippen molar-refractivity contribution in [1.82, 2.24) is 0 Å². The Morgan fingerprint density at radius 2 is 1.00 bits per heavy atom. The van der Waals surface area contributed by atoms with Crippen LogP contribution in [0.5, 0.6) is 0 Å². The summed E-state index contributed by atoms with van der Waals surface area (Å²) in [5.41, 5.74) is 21.2. The summed E-state index contributed by atoms with van der Waals surface area (Å²) in [5.74, 6) is 0. The van der Waals surface area contributed by atoms with E-state index in [4.69, 9.17) is 22.0 Å². The highest BCUT2D eigenvalue weighted by Gasteiger charge is 2.21. The van der Waals surface area contributed by atoms with Crippen LogP contribution in [0.15, 0.2) is 0 Å². The maximum atomic E-state index is 11.2. The van der Waals surface area contributed by atoms with Crippen molar-refractivity contribution in [3.05, 3.63) is 0 Å². The van der Waals surface area contributed by atoms with Crippen LogP contribution in [0.4, 0.5) is 0 Å². The van der Waals surface area contributed by atoms with E-state index in [2.05, 4.69) is 25.3 Å². The Hall–Kier alpha value is 1.00. The lowest BCUT2D eigenvalue weighted by molar-refractivity contribution is 0.559. The molecular weight excluding hydrogens is 310 g/mol. The normalized spacial score (nSPS) is 16.6. The minimum absolute atomic E-state index is 0.441. The van der Waals surface area contributed by atoms with E-state index in [9.17, 15) is 9.13 Å². The first-order chi connectivity index (χ1) is 8.05. The van der Waals surface area contributed by atoms with Crippen LogP contribution < -0.4 is 22.0 Å². The van der Waals surface area contributed by atoms with Gasteiger partial charge >= 0.3 is 0 Å². The van der Waals surface area contributed by atoms with Gasteiger partial charge in [-0.3, -0.25) is 31.1 Å². The van der Waals surface area contributed by atoms with Crippen LogP contribution in [0.1, 0.15) is 38.5 Å². The minimum Gasteiger partial charge on any atom is -0.289 e. The first kappa shape index (κ1) is 19.0. The Morgan fingerprint density at radius 3 is 1.22 bits per heavy atom. The molecule has 6 nitrogen and oxygen atoms in total. The van der Waals surface area contributed by atoms with Crippen molar-refractivity contribution in [1.29, 1.82) is 0 Å². The number of rotatable bonds is 9. The number of thiol groups is 2. The molecule has 0 aliphatic heterocycles. The molecule has 0 fully saturated rings. The smallest absolute Gasteiger partial charge is 0.218 e. The lowest BCUT2D eigenvalue weighted by atomic mass is 10.1. The third kappa shape index (κ3) is 8.99. The van der Waals surface area contributed by atoms with E-state index in [1.807, 2.05) is 0 Å². The largest absolute Gasteiger partial charge is 0.289 e. The van der Waals surface area contributed by atoms with Crippen LogP contribution >= 0.6 is 40.1 Å². The third-order valence-corrected chi connectivity index (χ3v) is 7.67. The summed E-state index contributed by atoms with van der Waals surface area (Å²) in [6, 6.07) is 0. The highest BCUT2D eigenvalue weighted by molar-refractivity contribution is 7.91. The van der Waals surface area contributed by atoms with Gasteiger partial charge < -0.3 is 0 Å². The van der Waals surface area contributed by atoms with Crippen molar-refractivity contribution in [3.8, 4) is 0 Å². The van der Waals surface area contributed by atoms with Gasteiger partial charge in [0, 0.05) is 0 Å². The number of unbranched alkanes of at least 4 members (excludes halogenated alkanes) is 3. The average molecular weight is 334 g/mol. The maximum Gasteiger partial charge on any atom is 0.218 e. The van der Waals surface area contributed by atoms with E-state index < -0.39 is 24.9 Å². The average Bonchev–Trinajstić information content (AvgIpc) is 2.19. The summed E-state index contributed by atoms with van der Waals surface area (Å²) in [6.45, 7) is 0. The van der Waals surface area contributed by atoms with Gasteiger partial charge in [0.25, 0.3) is 0 Å². The molecule has 18 heavy (non-hydrogen) atoms. The highest BCUT2D eigenvalue weighted by Crippen LogP contribution is 2.39. The summed E-state index contributed by atoms with van der Waals surface area (Å²) in [7, 11) is -6.14. The number of hydrogen-bond acceptors (Lipinski definition) is 4. The molecule has 0 bridgehead atoms. The van der Waals surface area contributed by atoms with E-state index >= 15 is 0 Å². The van der Waals surface area contributed by atoms with Crippen LogP contribution in [-0.4, -0.2) is 9.98 Å². The molecule has 2 atom stereocenters. The Labute approximate surface area is 120 Å². The summed E-state index contributed by atoms with van der Waals surface area (Å²) >= 11 is 8.22. The standard InChI is InChI=1S/C8H24N4O2P2S2/c9-15(10,13)7(17)5-3-1-2-4-6-8(18)16(11,12)14/h7-8,17-18H,1-6H2,(H4,9,10,13)(H4,11,12,14). The van der Waals surface area contributed by atoms with Crippen LogP contribution in [0, 0.1) is 0 Å². The van der Waals surface area contributed by atoms with Gasteiger partial charge in [0.05, 0.1) is 9.98 Å². The molecule has 0 saturated heterocycles. The summed E-state index contributed by atoms with van der Waals surface area (Å²) in [4.78, 5) is -0.883. The summed E-state index contributed by atoms with van der Waals surface area (Å²) in [5, 5.41) is 0. The van der Waals surface area contributed by atoms with E-state index in [0.717, 1.165) is 25.7 Å². The van der Waals surface area contributed by atoms with Gasteiger partial charge in [-0.05, 0) is 12.8 Å². The number of hydrogen-bond donors (Lipinski definition) is 6. The minimum atomic E-state index is -3.07. The quantitative estimate of drug-likeness (QED) is 0.217. The van der Waals surface area contributed by atoms with Gasteiger partial charge in [0.15, 0.2) is 0 Å². The van der Waals surface area contributed by atoms with Gasteiger partial charge in [0.1, 0.15) is 0 Å².